The topological polar surface area (TPSA) is 9.23 Å². The van der Waals surface area contributed by atoms with Gasteiger partial charge >= 0.3 is 0 Å². The third-order valence-corrected chi connectivity index (χ3v) is 6.84. The van der Waals surface area contributed by atoms with Gasteiger partial charge in [-0.05, 0) is 55.0 Å². The third kappa shape index (κ3) is 5.08. The van der Waals surface area contributed by atoms with Crippen LogP contribution in [0.3, 0.4) is 0 Å². The molecule has 1 nitrogen and oxygen atoms in total. The lowest BCUT2D eigenvalue weighted by Crippen LogP contribution is -2.24. The molecule has 0 saturated carbocycles. The Balaban J connectivity index is 2.31. The second-order valence-corrected chi connectivity index (χ2v) is 13.9. The third-order valence-electron chi connectivity index (χ3n) is 6.84. The quantitative estimate of drug-likeness (QED) is 0.404. The fourth-order valence-corrected chi connectivity index (χ4v) is 4.73. The van der Waals surface area contributed by atoms with Crippen molar-refractivity contribution in [2.24, 2.45) is 0 Å². The molecule has 0 aliphatic carbocycles. The first-order valence-corrected chi connectivity index (χ1v) is 12.4. The Morgan fingerprint density at radius 1 is 0.562 bits per heavy atom. The molecule has 32 heavy (non-hydrogen) atoms. The van der Waals surface area contributed by atoms with Gasteiger partial charge in [0, 0.05) is 18.4 Å². The first-order chi connectivity index (χ1) is 14.4. The lowest BCUT2D eigenvalue weighted by atomic mass is 9.74. The van der Waals surface area contributed by atoms with Crippen LogP contribution in [-0.2, 0) is 34.5 Å². The minimum atomic E-state index is 0.0389. The van der Waals surface area contributed by atoms with E-state index in [-0.39, 0.29) is 21.7 Å². The zero-order chi connectivity index (χ0) is 24.3. The molecular weight excluding hydrogens is 388 g/mol. The molecule has 1 heterocycles. The van der Waals surface area contributed by atoms with Crippen molar-refractivity contribution in [2.45, 2.75) is 118 Å². The Labute approximate surface area is 198 Å². The number of hydrogen-bond donors (Lipinski definition) is 0. The molecule has 1 aliphatic rings. The monoisotopic (exact) mass is 434 g/mol. The first-order valence-electron chi connectivity index (χ1n) is 12.4. The summed E-state index contributed by atoms with van der Waals surface area (Å²) in [7, 11) is 0. The van der Waals surface area contributed by atoms with Crippen LogP contribution in [0.2, 0.25) is 0 Å². The van der Waals surface area contributed by atoms with Crippen molar-refractivity contribution in [1.29, 1.82) is 0 Å². The zero-order valence-electron chi connectivity index (χ0n) is 22.8. The van der Waals surface area contributed by atoms with Crippen molar-refractivity contribution in [3.63, 3.8) is 0 Å². The second-order valence-electron chi connectivity index (χ2n) is 13.9. The maximum absolute atomic E-state index is 6.58. The van der Waals surface area contributed by atoms with Crippen LogP contribution in [0.1, 0.15) is 122 Å². The van der Waals surface area contributed by atoms with Crippen LogP contribution in [0.5, 0.6) is 5.75 Å². The summed E-state index contributed by atoms with van der Waals surface area (Å²) < 4.78 is 6.58. The average Bonchev–Trinajstić information content (AvgIpc) is 2.57. The molecule has 1 aliphatic heterocycles. The van der Waals surface area contributed by atoms with Crippen molar-refractivity contribution in [3.05, 3.63) is 63.2 Å². The Morgan fingerprint density at radius 2 is 1.03 bits per heavy atom. The number of rotatable bonds is 0. The van der Waals surface area contributed by atoms with Gasteiger partial charge < -0.3 is 4.74 Å². The minimum Gasteiger partial charge on any atom is -0.493 e. The molecule has 2 aromatic carbocycles. The highest BCUT2D eigenvalue weighted by Crippen LogP contribution is 2.42. The van der Waals surface area contributed by atoms with E-state index in [4.69, 9.17) is 4.74 Å². The normalized spacial score (nSPS) is 15.4. The molecule has 0 amide bonds. The highest BCUT2D eigenvalue weighted by atomic mass is 16.5. The zero-order valence-corrected chi connectivity index (χ0v) is 22.8. The summed E-state index contributed by atoms with van der Waals surface area (Å²) in [5, 5.41) is 0. The lowest BCUT2D eigenvalue weighted by molar-refractivity contribution is 0.305. The van der Waals surface area contributed by atoms with Gasteiger partial charge in [0.15, 0.2) is 0 Å². The van der Waals surface area contributed by atoms with Gasteiger partial charge in [0.2, 0.25) is 0 Å². The maximum Gasteiger partial charge on any atom is 0.126 e. The van der Waals surface area contributed by atoms with E-state index in [1.54, 1.807) is 0 Å². The van der Waals surface area contributed by atoms with Gasteiger partial charge in [-0.2, -0.15) is 0 Å². The average molecular weight is 435 g/mol. The van der Waals surface area contributed by atoms with Gasteiger partial charge in [-0.25, -0.2) is 0 Å². The van der Waals surface area contributed by atoms with Crippen LogP contribution in [0, 0.1) is 0 Å². The van der Waals surface area contributed by atoms with E-state index in [1.165, 1.54) is 38.9 Å². The summed E-state index contributed by atoms with van der Waals surface area (Å²) in [6.07, 6.45) is 1.90. The molecule has 0 N–H and O–H groups in total. The standard InChI is InChI=1S/C31H46O/c1-28(2,3)22-16-20-15-21-17-23(29(4,5)6)19-26(31(10,11)12)27(21)32-14-13-24(20)25(18-22)30(7,8)9/h16-19H,13-15H2,1-12H3. The largest absolute Gasteiger partial charge is 0.493 e. The van der Waals surface area contributed by atoms with Crippen LogP contribution >= 0.6 is 0 Å². The lowest BCUT2D eigenvalue weighted by Gasteiger charge is -2.33. The van der Waals surface area contributed by atoms with Crippen LogP contribution in [0.25, 0.3) is 0 Å². The fourth-order valence-electron chi connectivity index (χ4n) is 4.73. The van der Waals surface area contributed by atoms with E-state index < -0.39 is 0 Å². The Kier molecular flexibility index (Phi) is 6.16. The second kappa shape index (κ2) is 7.93. The molecular formula is C31H46O. The predicted octanol–water partition coefficient (Wildman–Crippen LogP) is 8.40. The van der Waals surface area contributed by atoms with Gasteiger partial charge in [0.05, 0.1) is 6.61 Å². The molecule has 3 rings (SSSR count). The van der Waals surface area contributed by atoms with Gasteiger partial charge in [0.25, 0.3) is 0 Å². The van der Waals surface area contributed by atoms with E-state index in [9.17, 15) is 0 Å². The number of ether oxygens (including phenoxy) is 1. The molecule has 0 aromatic heterocycles. The SMILES string of the molecule is CC(C)(C)c1cc2c(c(C(C)(C)C)c1)CCOc1c(cc(C(C)(C)C)cc1C(C)(C)C)C2. The summed E-state index contributed by atoms with van der Waals surface area (Å²) in [5.41, 5.74) is 10.4. The molecule has 0 spiro atoms. The molecule has 1 heteroatoms. The van der Waals surface area contributed by atoms with Crippen molar-refractivity contribution < 1.29 is 4.74 Å². The number of hydrogen-bond acceptors (Lipinski definition) is 1. The molecule has 2 aromatic rings. The van der Waals surface area contributed by atoms with E-state index in [1.807, 2.05) is 0 Å². The summed E-state index contributed by atoms with van der Waals surface area (Å²) in [4.78, 5) is 0. The minimum absolute atomic E-state index is 0.0389. The molecule has 0 fully saturated rings. The molecule has 0 radical (unpaired) electrons. The van der Waals surface area contributed by atoms with E-state index in [0.717, 1.165) is 25.2 Å². The van der Waals surface area contributed by atoms with Crippen LogP contribution in [0.4, 0.5) is 0 Å². The van der Waals surface area contributed by atoms with Gasteiger partial charge in [-0.1, -0.05) is 107 Å². The van der Waals surface area contributed by atoms with Crippen molar-refractivity contribution >= 4 is 0 Å². The number of fused-ring (bicyclic) bond motifs is 2. The van der Waals surface area contributed by atoms with Crippen LogP contribution < -0.4 is 4.74 Å². The van der Waals surface area contributed by atoms with E-state index >= 15 is 0 Å². The Morgan fingerprint density at radius 3 is 1.50 bits per heavy atom. The Bertz CT molecular complexity index is 914. The van der Waals surface area contributed by atoms with Gasteiger partial charge in [-0.3, -0.25) is 0 Å². The van der Waals surface area contributed by atoms with Gasteiger partial charge in [-0.15, -0.1) is 0 Å². The number of benzene rings is 2. The fraction of sp³-hybridized carbons (Fsp3) is 0.613. The highest BCUT2D eigenvalue weighted by molar-refractivity contribution is 5.54. The molecule has 0 unspecified atom stereocenters. The van der Waals surface area contributed by atoms with Crippen LogP contribution in [-0.4, -0.2) is 6.61 Å². The maximum atomic E-state index is 6.58. The van der Waals surface area contributed by atoms with Crippen molar-refractivity contribution in [3.8, 4) is 5.75 Å². The smallest absolute Gasteiger partial charge is 0.126 e. The Hall–Kier alpha value is -1.76. The van der Waals surface area contributed by atoms with Crippen molar-refractivity contribution in [1.82, 2.24) is 0 Å². The first kappa shape index (κ1) is 24.9. The molecule has 0 bridgehead atoms. The molecule has 0 saturated heterocycles. The van der Waals surface area contributed by atoms with Crippen molar-refractivity contribution in [2.75, 3.05) is 6.61 Å². The highest BCUT2D eigenvalue weighted by Gasteiger charge is 2.30. The summed E-state index contributed by atoms with van der Waals surface area (Å²) >= 11 is 0. The van der Waals surface area contributed by atoms with E-state index in [0.29, 0.717) is 0 Å². The van der Waals surface area contributed by atoms with E-state index in [2.05, 4.69) is 107 Å². The molecule has 0 atom stereocenters. The van der Waals surface area contributed by atoms with Gasteiger partial charge in [0.1, 0.15) is 5.75 Å². The summed E-state index contributed by atoms with van der Waals surface area (Å²) in [5.74, 6) is 1.12. The predicted molar refractivity (Wildman–Crippen MR) is 140 cm³/mol. The summed E-state index contributed by atoms with van der Waals surface area (Å²) in [6, 6.07) is 9.77. The molecule has 176 valence electrons. The summed E-state index contributed by atoms with van der Waals surface area (Å²) in [6.45, 7) is 28.6. The van der Waals surface area contributed by atoms with Crippen LogP contribution in [0.15, 0.2) is 24.3 Å².